The number of unbranched alkanes of at least 4 members (excludes halogenated alkanes) is 2. The summed E-state index contributed by atoms with van der Waals surface area (Å²) in [6, 6.07) is 9.44. The number of furan rings is 1. The minimum Gasteiger partial charge on any atom is -0.507 e. The lowest BCUT2D eigenvalue weighted by atomic mass is 9.99. The molecule has 7 heteroatoms. The van der Waals surface area contributed by atoms with Gasteiger partial charge < -0.3 is 24.1 Å². The van der Waals surface area contributed by atoms with E-state index in [-0.39, 0.29) is 11.3 Å². The number of methoxy groups -OCH3 is 1. The third-order valence-corrected chi connectivity index (χ3v) is 6.25. The second-order valence-corrected chi connectivity index (χ2v) is 8.64. The van der Waals surface area contributed by atoms with Gasteiger partial charge >= 0.3 is 0 Å². The van der Waals surface area contributed by atoms with Gasteiger partial charge in [0.1, 0.15) is 23.3 Å². The Balaban J connectivity index is 1.84. The first-order valence-electron chi connectivity index (χ1n) is 12.2. The van der Waals surface area contributed by atoms with E-state index in [4.69, 9.17) is 9.15 Å². The Morgan fingerprint density at radius 2 is 1.68 bits per heavy atom. The maximum Gasteiger partial charge on any atom is 0.295 e. The summed E-state index contributed by atoms with van der Waals surface area (Å²) in [7, 11) is 1.56. The summed E-state index contributed by atoms with van der Waals surface area (Å²) in [4.78, 5) is 30.1. The average molecular weight is 469 g/mol. The summed E-state index contributed by atoms with van der Waals surface area (Å²) in [5, 5.41) is 11.1. The topological polar surface area (TPSA) is 83.2 Å². The van der Waals surface area contributed by atoms with E-state index in [1.165, 1.54) is 11.2 Å². The number of carbonyl (C=O) groups excluding carboxylic acids is 2. The molecule has 1 aromatic heterocycles. The van der Waals surface area contributed by atoms with Gasteiger partial charge in [-0.05, 0) is 75.3 Å². The monoisotopic (exact) mass is 468 g/mol. The Morgan fingerprint density at radius 3 is 2.24 bits per heavy atom. The van der Waals surface area contributed by atoms with Crippen LogP contribution in [-0.4, -0.2) is 59.9 Å². The lowest BCUT2D eigenvalue weighted by Crippen LogP contribution is -2.34. The van der Waals surface area contributed by atoms with Crippen molar-refractivity contribution in [2.75, 3.05) is 33.3 Å². The maximum atomic E-state index is 13.1. The Bertz CT molecular complexity index is 957. The summed E-state index contributed by atoms with van der Waals surface area (Å²) >= 11 is 0. The van der Waals surface area contributed by atoms with Crippen molar-refractivity contribution in [2.24, 2.45) is 0 Å². The van der Waals surface area contributed by atoms with Gasteiger partial charge in [0.2, 0.25) is 0 Å². The highest BCUT2D eigenvalue weighted by atomic mass is 16.5. The molecule has 1 saturated heterocycles. The van der Waals surface area contributed by atoms with Crippen molar-refractivity contribution in [3.8, 4) is 5.75 Å². The van der Waals surface area contributed by atoms with Crippen LogP contribution in [0.1, 0.15) is 63.3 Å². The lowest BCUT2D eigenvalue weighted by Gasteiger charge is -2.26. The number of rotatable bonds is 13. The van der Waals surface area contributed by atoms with Gasteiger partial charge in [-0.1, -0.05) is 26.7 Å². The number of benzene rings is 1. The van der Waals surface area contributed by atoms with Crippen molar-refractivity contribution >= 4 is 17.4 Å². The second kappa shape index (κ2) is 12.4. The number of likely N-dealkylation sites (tertiary alicyclic amines) is 1. The fourth-order valence-corrected chi connectivity index (χ4v) is 4.32. The summed E-state index contributed by atoms with van der Waals surface area (Å²) in [6.07, 6.45) is 6.81. The van der Waals surface area contributed by atoms with Gasteiger partial charge in [-0.15, -0.1) is 0 Å². The van der Waals surface area contributed by atoms with Crippen LogP contribution in [0.15, 0.2) is 52.7 Å². The van der Waals surface area contributed by atoms with Crippen molar-refractivity contribution < 1.29 is 23.8 Å². The van der Waals surface area contributed by atoms with E-state index in [2.05, 4.69) is 18.7 Å². The Hall–Kier alpha value is -3.06. The van der Waals surface area contributed by atoms with Crippen molar-refractivity contribution in [1.82, 2.24) is 9.80 Å². The summed E-state index contributed by atoms with van der Waals surface area (Å²) in [6.45, 7) is 7.70. The van der Waals surface area contributed by atoms with Gasteiger partial charge in [-0.2, -0.15) is 0 Å². The molecule has 1 aromatic carbocycles. The van der Waals surface area contributed by atoms with Gasteiger partial charge in [-0.25, -0.2) is 0 Å². The molecule has 2 aromatic rings. The first-order chi connectivity index (χ1) is 16.5. The molecule has 1 aliphatic heterocycles. The number of hydrogen-bond donors (Lipinski definition) is 1. The first-order valence-corrected chi connectivity index (χ1v) is 12.2. The van der Waals surface area contributed by atoms with Crippen LogP contribution in [0.4, 0.5) is 0 Å². The van der Waals surface area contributed by atoms with E-state index < -0.39 is 17.7 Å². The smallest absolute Gasteiger partial charge is 0.295 e. The third kappa shape index (κ3) is 5.89. The first kappa shape index (κ1) is 25.6. The van der Waals surface area contributed by atoms with E-state index in [1.807, 2.05) is 0 Å². The predicted octanol–water partition coefficient (Wildman–Crippen LogP) is 5.00. The normalized spacial score (nSPS) is 17.6. The number of ketones is 1. The Morgan fingerprint density at radius 1 is 1.03 bits per heavy atom. The molecule has 1 aliphatic rings. The molecule has 184 valence electrons. The molecule has 0 unspecified atom stereocenters. The minimum absolute atomic E-state index is 0.0546. The zero-order chi connectivity index (χ0) is 24.5. The Labute approximate surface area is 202 Å². The number of nitrogens with zero attached hydrogens (tertiary/aromatic N) is 2. The number of hydrogen-bond acceptors (Lipinski definition) is 6. The van der Waals surface area contributed by atoms with E-state index in [9.17, 15) is 14.7 Å². The van der Waals surface area contributed by atoms with Gasteiger partial charge in [0.05, 0.1) is 18.9 Å². The molecule has 0 spiro atoms. The largest absolute Gasteiger partial charge is 0.507 e. The van der Waals surface area contributed by atoms with Crippen LogP contribution < -0.4 is 4.74 Å². The number of amides is 1. The molecule has 0 bridgehead atoms. The highest BCUT2D eigenvalue weighted by molar-refractivity contribution is 6.46. The molecule has 1 amide bonds. The Kier molecular flexibility index (Phi) is 9.33. The molecule has 1 N–H and O–H groups in total. The summed E-state index contributed by atoms with van der Waals surface area (Å²) < 4.78 is 10.8. The van der Waals surface area contributed by atoms with Crippen LogP contribution in [0.2, 0.25) is 0 Å². The van der Waals surface area contributed by atoms with Crippen LogP contribution in [0.25, 0.3) is 5.76 Å². The summed E-state index contributed by atoms with van der Waals surface area (Å²) in [5.74, 6) is -0.413. The van der Waals surface area contributed by atoms with Crippen molar-refractivity contribution in [1.29, 1.82) is 0 Å². The molecule has 0 radical (unpaired) electrons. The van der Waals surface area contributed by atoms with E-state index >= 15 is 0 Å². The molecule has 0 aliphatic carbocycles. The maximum absolute atomic E-state index is 13.1. The second-order valence-electron chi connectivity index (χ2n) is 8.64. The average Bonchev–Trinajstić information content (AvgIpc) is 3.47. The van der Waals surface area contributed by atoms with Gasteiger partial charge in [0.15, 0.2) is 0 Å². The highest BCUT2D eigenvalue weighted by Crippen LogP contribution is 2.39. The molecule has 1 fully saturated rings. The molecule has 34 heavy (non-hydrogen) atoms. The van der Waals surface area contributed by atoms with Crippen molar-refractivity contribution in [3.63, 3.8) is 0 Å². The number of carbonyl (C=O) groups is 2. The van der Waals surface area contributed by atoms with Crippen LogP contribution in [0.5, 0.6) is 5.75 Å². The fourth-order valence-electron chi connectivity index (χ4n) is 4.32. The summed E-state index contributed by atoms with van der Waals surface area (Å²) in [5.41, 5.74) is 0.500. The molecule has 3 rings (SSSR count). The number of aliphatic hydroxyl groups excluding tert-OH is 1. The van der Waals surface area contributed by atoms with E-state index in [1.54, 1.807) is 43.5 Å². The number of Topliss-reactive ketones (excluding diaryl/α,β-unsaturated/α-hetero) is 1. The van der Waals surface area contributed by atoms with Crippen molar-refractivity contribution in [3.05, 3.63) is 59.6 Å². The SMILES string of the molecule is CCCCN(CCCC)CCCN1C(=O)C(=O)C(=C(O)c2ccc(OC)cc2)[C@@H]1c1ccco1. The quantitative estimate of drug-likeness (QED) is 0.253. The third-order valence-electron chi connectivity index (χ3n) is 6.25. The zero-order valence-corrected chi connectivity index (χ0v) is 20.5. The standard InChI is InChI=1S/C27H36N2O5/c1-4-6-15-28(16-7-5-2)17-9-18-29-24(22-10-8-19-34-22)23(26(31)27(29)32)25(30)20-11-13-21(33-3)14-12-20/h8,10-14,19,24,30H,4-7,9,15-18H2,1-3H3/t24-/m0/s1. The molecular formula is C27H36N2O5. The van der Waals surface area contributed by atoms with Crippen molar-refractivity contribution in [2.45, 2.75) is 52.0 Å². The van der Waals surface area contributed by atoms with Crippen LogP contribution in [-0.2, 0) is 9.59 Å². The molecule has 1 atom stereocenters. The van der Waals surface area contributed by atoms with Crippen LogP contribution >= 0.6 is 0 Å². The van der Waals surface area contributed by atoms with Gasteiger partial charge in [-0.3, -0.25) is 9.59 Å². The predicted molar refractivity (Wildman–Crippen MR) is 132 cm³/mol. The zero-order valence-electron chi connectivity index (χ0n) is 20.5. The highest BCUT2D eigenvalue weighted by Gasteiger charge is 2.47. The van der Waals surface area contributed by atoms with E-state index in [0.29, 0.717) is 23.6 Å². The van der Waals surface area contributed by atoms with Gasteiger partial charge in [0, 0.05) is 12.1 Å². The molecule has 7 nitrogen and oxygen atoms in total. The number of ether oxygens (including phenoxy) is 1. The molecule has 2 heterocycles. The van der Waals surface area contributed by atoms with E-state index in [0.717, 1.165) is 51.7 Å². The number of aliphatic hydroxyl groups is 1. The minimum atomic E-state index is -0.753. The fraction of sp³-hybridized carbons (Fsp3) is 0.481. The van der Waals surface area contributed by atoms with Gasteiger partial charge in [0.25, 0.3) is 11.7 Å². The molecule has 0 saturated carbocycles. The van der Waals surface area contributed by atoms with Crippen LogP contribution in [0.3, 0.4) is 0 Å². The molecular weight excluding hydrogens is 432 g/mol. The van der Waals surface area contributed by atoms with Crippen LogP contribution in [0, 0.1) is 0 Å². The lowest BCUT2D eigenvalue weighted by molar-refractivity contribution is -0.140.